The van der Waals surface area contributed by atoms with Crippen LogP contribution in [0.25, 0.3) is 0 Å². The standard InChI is InChI=1S/C23H21NO3S/c25-23(24-14-15-28-22-9-5-4-8-21(22)24)17-27-20-12-10-19(11-13-20)26-16-18-6-2-1-3-7-18/h1-13H,14-17H2. The van der Waals surface area contributed by atoms with Gasteiger partial charge in [-0.15, -0.1) is 11.8 Å². The van der Waals surface area contributed by atoms with Crippen LogP contribution < -0.4 is 14.4 Å². The first-order valence-corrected chi connectivity index (χ1v) is 10.2. The summed E-state index contributed by atoms with van der Waals surface area (Å²) in [6, 6.07) is 25.4. The number of hydrogen-bond acceptors (Lipinski definition) is 4. The van der Waals surface area contributed by atoms with Crippen LogP contribution >= 0.6 is 11.8 Å². The van der Waals surface area contributed by atoms with Crippen molar-refractivity contribution >= 4 is 23.4 Å². The zero-order valence-electron chi connectivity index (χ0n) is 15.4. The van der Waals surface area contributed by atoms with E-state index in [1.54, 1.807) is 11.8 Å². The molecule has 0 aliphatic carbocycles. The lowest BCUT2D eigenvalue weighted by Gasteiger charge is -2.28. The number of fused-ring (bicyclic) bond motifs is 1. The predicted molar refractivity (Wildman–Crippen MR) is 112 cm³/mol. The van der Waals surface area contributed by atoms with Crippen LogP contribution in [0.4, 0.5) is 5.69 Å². The molecule has 0 aromatic heterocycles. The van der Waals surface area contributed by atoms with Gasteiger partial charge in [0.2, 0.25) is 0 Å². The first-order chi connectivity index (χ1) is 13.8. The van der Waals surface area contributed by atoms with E-state index in [1.165, 1.54) is 0 Å². The quantitative estimate of drug-likeness (QED) is 0.606. The summed E-state index contributed by atoms with van der Waals surface area (Å²) in [5.41, 5.74) is 2.09. The molecule has 0 fully saturated rings. The van der Waals surface area contributed by atoms with Gasteiger partial charge in [0.05, 0.1) is 5.69 Å². The molecule has 1 amide bonds. The lowest BCUT2D eigenvalue weighted by atomic mass is 10.2. The van der Waals surface area contributed by atoms with Gasteiger partial charge in [-0.3, -0.25) is 4.79 Å². The first-order valence-electron chi connectivity index (χ1n) is 9.21. The van der Waals surface area contributed by atoms with Crippen molar-refractivity contribution < 1.29 is 14.3 Å². The van der Waals surface area contributed by atoms with E-state index in [0.29, 0.717) is 18.9 Å². The molecular formula is C23H21NO3S. The molecular weight excluding hydrogens is 370 g/mol. The van der Waals surface area contributed by atoms with Gasteiger partial charge in [-0.2, -0.15) is 0 Å². The molecule has 142 valence electrons. The Labute approximate surface area is 169 Å². The molecule has 1 heterocycles. The van der Waals surface area contributed by atoms with Crippen molar-refractivity contribution in [3.8, 4) is 11.5 Å². The molecule has 0 bridgehead atoms. The number of thioether (sulfide) groups is 1. The van der Waals surface area contributed by atoms with Gasteiger partial charge in [0.15, 0.2) is 6.61 Å². The van der Waals surface area contributed by atoms with Crippen LogP contribution in [0.15, 0.2) is 83.8 Å². The van der Waals surface area contributed by atoms with Crippen LogP contribution in [0.2, 0.25) is 0 Å². The van der Waals surface area contributed by atoms with E-state index >= 15 is 0 Å². The Bertz CT molecular complexity index is 928. The van der Waals surface area contributed by atoms with Gasteiger partial charge in [-0.1, -0.05) is 42.5 Å². The summed E-state index contributed by atoms with van der Waals surface area (Å²) in [5.74, 6) is 2.29. The highest BCUT2D eigenvalue weighted by atomic mass is 32.2. The predicted octanol–water partition coefficient (Wildman–Crippen LogP) is 4.78. The zero-order chi connectivity index (χ0) is 19.2. The minimum Gasteiger partial charge on any atom is -0.489 e. The Morgan fingerprint density at radius 2 is 1.54 bits per heavy atom. The average molecular weight is 391 g/mol. The summed E-state index contributed by atoms with van der Waals surface area (Å²) < 4.78 is 11.5. The molecule has 1 aliphatic heterocycles. The van der Waals surface area contributed by atoms with Gasteiger partial charge < -0.3 is 14.4 Å². The normalized spacial score (nSPS) is 12.9. The molecule has 5 heteroatoms. The van der Waals surface area contributed by atoms with Crippen molar-refractivity contribution in [2.75, 3.05) is 23.8 Å². The van der Waals surface area contributed by atoms with Crippen LogP contribution in [0.3, 0.4) is 0 Å². The van der Waals surface area contributed by atoms with E-state index in [-0.39, 0.29) is 12.5 Å². The molecule has 0 spiro atoms. The number of carbonyl (C=O) groups excluding carboxylic acids is 1. The summed E-state index contributed by atoms with van der Waals surface area (Å²) in [6.07, 6.45) is 0. The van der Waals surface area contributed by atoms with Crippen LogP contribution in [0, 0.1) is 0 Å². The van der Waals surface area contributed by atoms with Crippen molar-refractivity contribution in [2.45, 2.75) is 11.5 Å². The summed E-state index contributed by atoms with van der Waals surface area (Å²) in [7, 11) is 0. The minimum atomic E-state index is -0.0304. The molecule has 0 atom stereocenters. The Hall–Kier alpha value is -2.92. The Balaban J connectivity index is 1.31. The second kappa shape index (κ2) is 8.85. The van der Waals surface area contributed by atoms with E-state index in [2.05, 4.69) is 6.07 Å². The van der Waals surface area contributed by atoms with E-state index in [1.807, 2.05) is 77.7 Å². The number of rotatable bonds is 6. The summed E-state index contributed by atoms with van der Waals surface area (Å²) in [4.78, 5) is 15.6. The Kier molecular flexibility index (Phi) is 5.83. The molecule has 0 saturated carbocycles. The largest absolute Gasteiger partial charge is 0.489 e. The maximum absolute atomic E-state index is 12.6. The highest BCUT2D eigenvalue weighted by Gasteiger charge is 2.22. The van der Waals surface area contributed by atoms with Crippen LogP contribution in [0.5, 0.6) is 11.5 Å². The SMILES string of the molecule is O=C(COc1ccc(OCc2ccccc2)cc1)N1CCSc2ccccc21. The van der Waals surface area contributed by atoms with Crippen molar-refractivity contribution in [3.05, 3.63) is 84.4 Å². The molecule has 0 N–H and O–H groups in total. The van der Waals surface area contributed by atoms with Crippen LogP contribution in [-0.2, 0) is 11.4 Å². The summed E-state index contributed by atoms with van der Waals surface area (Å²) in [6.45, 7) is 1.24. The third-order valence-corrected chi connectivity index (χ3v) is 5.51. The number of ether oxygens (including phenoxy) is 2. The first kappa shape index (κ1) is 18.4. The van der Waals surface area contributed by atoms with Crippen molar-refractivity contribution in [1.29, 1.82) is 0 Å². The number of anilines is 1. The van der Waals surface area contributed by atoms with Gasteiger partial charge in [0.25, 0.3) is 5.91 Å². The molecule has 4 rings (SSSR count). The van der Waals surface area contributed by atoms with E-state index in [4.69, 9.17) is 9.47 Å². The minimum absolute atomic E-state index is 0.0171. The molecule has 3 aromatic rings. The maximum Gasteiger partial charge on any atom is 0.264 e. The fourth-order valence-electron chi connectivity index (χ4n) is 3.02. The summed E-state index contributed by atoms with van der Waals surface area (Å²) >= 11 is 1.78. The Morgan fingerprint density at radius 3 is 2.32 bits per heavy atom. The fourth-order valence-corrected chi connectivity index (χ4v) is 4.02. The molecule has 4 nitrogen and oxygen atoms in total. The van der Waals surface area contributed by atoms with E-state index in [0.717, 1.165) is 27.6 Å². The van der Waals surface area contributed by atoms with Crippen LogP contribution in [-0.4, -0.2) is 24.8 Å². The summed E-state index contributed by atoms with van der Waals surface area (Å²) in [5, 5.41) is 0. The number of amides is 1. The number of para-hydroxylation sites is 1. The Morgan fingerprint density at radius 1 is 0.857 bits per heavy atom. The van der Waals surface area contributed by atoms with Crippen molar-refractivity contribution in [2.24, 2.45) is 0 Å². The molecule has 1 aliphatic rings. The van der Waals surface area contributed by atoms with E-state index < -0.39 is 0 Å². The number of benzene rings is 3. The second-order valence-electron chi connectivity index (χ2n) is 6.40. The third-order valence-electron chi connectivity index (χ3n) is 4.46. The molecule has 3 aromatic carbocycles. The third kappa shape index (κ3) is 4.49. The number of hydrogen-bond donors (Lipinski definition) is 0. The lowest BCUT2D eigenvalue weighted by Crippen LogP contribution is -2.38. The lowest BCUT2D eigenvalue weighted by molar-refractivity contribution is -0.120. The van der Waals surface area contributed by atoms with Crippen LogP contribution in [0.1, 0.15) is 5.56 Å². The zero-order valence-corrected chi connectivity index (χ0v) is 16.2. The molecule has 0 unspecified atom stereocenters. The second-order valence-corrected chi connectivity index (χ2v) is 7.53. The average Bonchev–Trinajstić information content (AvgIpc) is 2.77. The highest BCUT2D eigenvalue weighted by Crippen LogP contribution is 2.34. The highest BCUT2D eigenvalue weighted by molar-refractivity contribution is 7.99. The molecule has 0 radical (unpaired) electrons. The maximum atomic E-state index is 12.6. The molecule has 0 saturated heterocycles. The van der Waals surface area contributed by atoms with E-state index in [9.17, 15) is 4.79 Å². The topological polar surface area (TPSA) is 38.8 Å². The van der Waals surface area contributed by atoms with Gasteiger partial charge in [0, 0.05) is 17.2 Å². The van der Waals surface area contributed by atoms with Crippen molar-refractivity contribution in [3.63, 3.8) is 0 Å². The smallest absolute Gasteiger partial charge is 0.264 e. The van der Waals surface area contributed by atoms with Gasteiger partial charge >= 0.3 is 0 Å². The van der Waals surface area contributed by atoms with Crippen molar-refractivity contribution in [1.82, 2.24) is 0 Å². The van der Waals surface area contributed by atoms with Gasteiger partial charge in [-0.05, 0) is 42.0 Å². The fraction of sp³-hybridized carbons (Fsp3) is 0.174. The number of carbonyl (C=O) groups is 1. The molecule has 28 heavy (non-hydrogen) atoms. The van der Waals surface area contributed by atoms with Gasteiger partial charge in [-0.25, -0.2) is 0 Å². The monoisotopic (exact) mass is 391 g/mol. The van der Waals surface area contributed by atoms with Gasteiger partial charge in [0.1, 0.15) is 18.1 Å². The number of nitrogens with zero attached hydrogens (tertiary/aromatic N) is 1.